The van der Waals surface area contributed by atoms with Gasteiger partial charge in [0.25, 0.3) is 0 Å². The summed E-state index contributed by atoms with van der Waals surface area (Å²) < 4.78 is 5.69. The summed E-state index contributed by atoms with van der Waals surface area (Å²) >= 11 is 0. The zero-order chi connectivity index (χ0) is 14.9. The number of aliphatic hydroxyl groups is 2. The van der Waals surface area contributed by atoms with Crippen molar-refractivity contribution in [3.63, 3.8) is 0 Å². The Bertz CT molecular complexity index is 377. The zero-order valence-electron chi connectivity index (χ0n) is 12.7. The van der Waals surface area contributed by atoms with E-state index in [2.05, 4.69) is 17.0 Å². The van der Waals surface area contributed by atoms with Crippen LogP contribution in [-0.2, 0) is 11.3 Å². The number of piperidine rings is 1. The third-order valence-electron chi connectivity index (χ3n) is 4.24. The van der Waals surface area contributed by atoms with Gasteiger partial charge in [-0.2, -0.15) is 0 Å². The van der Waals surface area contributed by atoms with Crippen molar-refractivity contribution in [1.82, 2.24) is 4.90 Å². The third kappa shape index (κ3) is 5.75. The molecule has 4 nitrogen and oxygen atoms in total. The van der Waals surface area contributed by atoms with E-state index < -0.39 is 6.10 Å². The number of aliphatic hydroxyl groups excluding tert-OH is 2. The van der Waals surface area contributed by atoms with E-state index in [1.165, 1.54) is 5.56 Å². The molecule has 1 aliphatic rings. The molecule has 21 heavy (non-hydrogen) atoms. The maximum Gasteiger partial charge on any atom is 0.0799 e. The summed E-state index contributed by atoms with van der Waals surface area (Å²) in [6, 6.07) is 10.2. The smallest absolute Gasteiger partial charge is 0.0799 e. The van der Waals surface area contributed by atoms with E-state index >= 15 is 0 Å². The van der Waals surface area contributed by atoms with Gasteiger partial charge in [-0.25, -0.2) is 0 Å². The number of ether oxygens (including phenoxy) is 1. The van der Waals surface area contributed by atoms with Gasteiger partial charge >= 0.3 is 0 Å². The topological polar surface area (TPSA) is 52.9 Å². The van der Waals surface area contributed by atoms with Gasteiger partial charge in [0.2, 0.25) is 0 Å². The van der Waals surface area contributed by atoms with Gasteiger partial charge < -0.3 is 19.8 Å². The zero-order valence-corrected chi connectivity index (χ0v) is 12.7. The van der Waals surface area contributed by atoms with Crippen LogP contribution in [0.1, 0.15) is 24.8 Å². The first-order valence-electron chi connectivity index (χ1n) is 7.92. The largest absolute Gasteiger partial charge is 0.394 e. The van der Waals surface area contributed by atoms with Gasteiger partial charge in [0.05, 0.1) is 19.3 Å². The molecule has 1 aromatic carbocycles. The Kier molecular flexibility index (Phi) is 7.16. The molecular formula is C17H27NO3. The molecule has 1 unspecified atom stereocenters. The Morgan fingerprint density at radius 2 is 1.90 bits per heavy atom. The predicted molar refractivity (Wildman–Crippen MR) is 83.0 cm³/mol. The summed E-state index contributed by atoms with van der Waals surface area (Å²) in [6.45, 7) is 4.44. The normalized spacial score (nSPS) is 18.8. The van der Waals surface area contributed by atoms with Gasteiger partial charge in [-0.3, -0.25) is 0 Å². The maximum atomic E-state index is 9.63. The summed E-state index contributed by atoms with van der Waals surface area (Å²) in [5.41, 5.74) is 1.22. The van der Waals surface area contributed by atoms with Crippen LogP contribution in [0, 0.1) is 5.92 Å². The molecule has 1 heterocycles. The Labute approximate surface area is 127 Å². The highest BCUT2D eigenvalue weighted by Gasteiger charge is 2.24. The molecule has 0 aromatic heterocycles. The van der Waals surface area contributed by atoms with Crippen molar-refractivity contribution in [1.29, 1.82) is 0 Å². The summed E-state index contributed by atoms with van der Waals surface area (Å²) in [5, 5.41) is 18.6. The average molecular weight is 293 g/mol. The number of hydrogen-bond acceptors (Lipinski definition) is 4. The van der Waals surface area contributed by atoms with Crippen LogP contribution in [0.4, 0.5) is 0 Å². The van der Waals surface area contributed by atoms with Crippen LogP contribution in [0.25, 0.3) is 0 Å². The van der Waals surface area contributed by atoms with Gasteiger partial charge in [0.1, 0.15) is 0 Å². The molecule has 1 atom stereocenters. The third-order valence-corrected chi connectivity index (χ3v) is 4.24. The first kappa shape index (κ1) is 16.4. The number of benzene rings is 1. The van der Waals surface area contributed by atoms with Gasteiger partial charge in [-0.05, 0) is 43.8 Å². The molecule has 0 aliphatic carbocycles. The summed E-state index contributed by atoms with van der Waals surface area (Å²) in [6.07, 6.45) is 2.46. The maximum absolute atomic E-state index is 9.63. The van der Waals surface area contributed by atoms with E-state index in [4.69, 9.17) is 9.84 Å². The van der Waals surface area contributed by atoms with Crippen molar-refractivity contribution in [2.45, 2.75) is 32.0 Å². The standard InChI is InChI=1S/C17H27NO3/c19-13-17(20)16-7-10-18(11-8-16)9-4-12-21-14-15-5-2-1-3-6-15/h1-3,5-6,16-17,19-20H,4,7-14H2. The Morgan fingerprint density at radius 1 is 1.19 bits per heavy atom. The number of nitrogens with zero attached hydrogens (tertiary/aromatic N) is 1. The molecular weight excluding hydrogens is 266 g/mol. The first-order chi connectivity index (χ1) is 10.3. The van der Waals surface area contributed by atoms with E-state index in [1.54, 1.807) is 0 Å². The quantitative estimate of drug-likeness (QED) is 0.716. The van der Waals surface area contributed by atoms with Crippen molar-refractivity contribution in [2.75, 3.05) is 32.8 Å². The number of likely N-dealkylation sites (tertiary alicyclic amines) is 1. The Morgan fingerprint density at radius 3 is 2.57 bits per heavy atom. The van der Waals surface area contributed by atoms with Crippen LogP contribution in [0.5, 0.6) is 0 Å². The molecule has 118 valence electrons. The lowest BCUT2D eigenvalue weighted by Gasteiger charge is -2.33. The van der Waals surface area contributed by atoms with Crippen molar-refractivity contribution in [3.05, 3.63) is 35.9 Å². The molecule has 0 bridgehead atoms. The van der Waals surface area contributed by atoms with E-state index in [-0.39, 0.29) is 12.5 Å². The second kappa shape index (κ2) is 9.15. The molecule has 1 fully saturated rings. The lowest BCUT2D eigenvalue weighted by Crippen LogP contribution is -2.39. The number of rotatable bonds is 8. The van der Waals surface area contributed by atoms with E-state index in [0.717, 1.165) is 45.5 Å². The van der Waals surface area contributed by atoms with Gasteiger partial charge in [0, 0.05) is 13.2 Å². The van der Waals surface area contributed by atoms with Crippen molar-refractivity contribution in [3.8, 4) is 0 Å². The summed E-state index contributed by atoms with van der Waals surface area (Å²) in [4.78, 5) is 2.42. The highest BCUT2D eigenvalue weighted by molar-refractivity contribution is 5.13. The minimum atomic E-state index is -0.540. The molecule has 1 aliphatic heterocycles. The fourth-order valence-corrected chi connectivity index (χ4v) is 2.86. The van der Waals surface area contributed by atoms with Crippen molar-refractivity contribution >= 4 is 0 Å². The summed E-state index contributed by atoms with van der Waals surface area (Å²) in [7, 11) is 0. The van der Waals surface area contributed by atoms with Crippen LogP contribution >= 0.6 is 0 Å². The molecule has 0 saturated carbocycles. The monoisotopic (exact) mass is 293 g/mol. The fourth-order valence-electron chi connectivity index (χ4n) is 2.86. The molecule has 1 saturated heterocycles. The summed E-state index contributed by atoms with van der Waals surface area (Å²) in [5.74, 6) is 0.264. The highest BCUT2D eigenvalue weighted by atomic mass is 16.5. The van der Waals surface area contributed by atoms with E-state index in [9.17, 15) is 5.11 Å². The van der Waals surface area contributed by atoms with Crippen molar-refractivity contribution in [2.24, 2.45) is 5.92 Å². The van der Waals surface area contributed by atoms with Crippen LogP contribution < -0.4 is 0 Å². The Balaban J connectivity index is 1.52. The Hall–Kier alpha value is -0.940. The molecule has 0 radical (unpaired) electrons. The molecule has 2 rings (SSSR count). The second-order valence-corrected chi connectivity index (χ2v) is 5.82. The number of hydrogen-bond donors (Lipinski definition) is 2. The molecule has 1 aromatic rings. The second-order valence-electron chi connectivity index (χ2n) is 5.82. The molecule has 2 N–H and O–H groups in total. The molecule has 4 heteroatoms. The van der Waals surface area contributed by atoms with Crippen molar-refractivity contribution < 1.29 is 14.9 Å². The van der Waals surface area contributed by atoms with Crippen LogP contribution in [0.2, 0.25) is 0 Å². The first-order valence-corrected chi connectivity index (χ1v) is 7.92. The molecule has 0 spiro atoms. The van der Waals surface area contributed by atoms with Crippen LogP contribution in [0.15, 0.2) is 30.3 Å². The van der Waals surface area contributed by atoms with E-state index in [1.807, 2.05) is 18.2 Å². The highest BCUT2D eigenvalue weighted by Crippen LogP contribution is 2.20. The molecule has 0 amide bonds. The van der Waals surface area contributed by atoms with Crippen LogP contribution in [-0.4, -0.2) is 54.1 Å². The average Bonchev–Trinajstić information content (AvgIpc) is 2.55. The van der Waals surface area contributed by atoms with Gasteiger partial charge in [-0.15, -0.1) is 0 Å². The minimum absolute atomic E-state index is 0.113. The van der Waals surface area contributed by atoms with Crippen LogP contribution in [0.3, 0.4) is 0 Å². The van der Waals surface area contributed by atoms with E-state index in [0.29, 0.717) is 6.61 Å². The minimum Gasteiger partial charge on any atom is -0.394 e. The van der Waals surface area contributed by atoms with Gasteiger partial charge in [0.15, 0.2) is 0 Å². The SMILES string of the molecule is OCC(O)C1CCN(CCCOCc2ccccc2)CC1. The fraction of sp³-hybridized carbons (Fsp3) is 0.647. The lowest BCUT2D eigenvalue weighted by atomic mass is 9.91. The lowest BCUT2D eigenvalue weighted by molar-refractivity contribution is 0.0165. The predicted octanol–water partition coefficient (Wildman–Crippen LogP) is 1.66. The van der Waals surface area contributed by atoms with Gasteiger partial charge in [-0.1, -0.05) is 30.3 Å².